The molecule has 0 aliphatic carbocycles. The zero-order chi connectivity index (χ0) is 18.4. The Kier molecular flexibility index (Phi) is 5.94. The van der Waals surface area contributed by atoms with Crippen LogP contribution in [0.2, 0.25) is 0 Å². The van der Waals surface area contributed by atoms with Gasteiger partial charge >= 0.3 is 0 Å². The monoisotopic (exact) mass is 343 g/mol. The van der Waals surface area contributed by atoms with E-state index in [0.717, 1.165) is 12.1 Å². The Hall–Kier alpha value is -3.09. The van der Waals surface area contributed by atoms with E-state index in [1.165, 1.54) is 30.9 Å². The van der Waals surface area contributed by atoms with E-state index in [9.17, 15) is 14.9 Å². The highest BCUT2D eigenvalue weighted by Crippen LogP contribution is 2.29. The van der Waals surface area contributed by atoms with E-state index in [1.807, 2.05) is 24.3 Å². The lowest BCUT2D eigenvalue weighted by atomic mass is 10.1. The number of hydrogen-bond donors (Lipinski definition) is 2. The Labute approximate surface area is 146 Å². The Morgan fingerprint density at radius 3 is 2.48 bits per heavy atom. The Bertz CT molecular complexity index is 759. The number of anilines is 2. The molecule has 2 aromatic rings. The van der Waals surface area contributed by atoms with Gasteiger partial charge in [-0.3, -0.25) is 14.9 Å². The maximum Gasteiger partial charge on any atom is 0.271 e. The van der Waals surface area contributed by atoms with Crippen LogP contribution >= 0.6 is 0 Å². The number of aryl methyl sites for hydroxylation is 1. The second-order valence-corrected chi connectivity index (χ2v) is 5.55. The maximum absolute atomic E-state index is 12.4. The largest absolute Gasteiger partial charge is 0.495 e. The van der Waals surface area contributed by atoms with Crippen molar-refractivity contribution in [3.63, 3.8) is 0 Å². The predicted octanol–water partition coefficient (Wildman–Crippen LogP) is 3.60. The number of rotatable bonds is 7. The van der Waals surface area contributed by atoms with Gasteiger partial charge in [0.25, 0.3) is 5.69 Å². The van der Waals surface area contributed by atoms with Crippen molar-refractivity contribution in [1.82, 2.24) is 0 Å². The summed E-state index contributed by atoms with van der Waals surface area (Å²) >= 11 is 0. The third-order valence-corrected chi connectivity index (χ3v) is 3.79. The summed E-state index contributed by atoms with van der Waals surface area (Å²) in [6.07, 6.45) is 0.947. The molecule has 0 spiro atoms. The summed E-state index contributed by atoms with van der Waals surface area (Å²) in [7, 11) is 1.44. The molecular formula is C18H21N3O4. The van der Waals surface area contributed by atoms with Crippen molar-refractivity contribution in [3.05, 3.63) is 58.1 Å². The van der Waals surface area contributed by atoms with Gasteiger partial charge in [0.05, 0.1) is 17.7 Å². The number of methoxy groups -OCH3 is 1. The lowest BCUT2D eigenvalue weighted by Crippen LogP contribution is -2.32. The van der Waals surface area contributed by atoms with Gasteiger partial charge in [-0.15, -0.1) is 0 Å². The first kappa shape index (κ1) is 18.3. The molecule has 2 aromatic carbocycles. The second kappa shape index (κ2) is 8.14. The van der Waals surface area contributed by atoms with Crippen molar-refractivity contribution in [2.45, 2.75) is 26.3 Å². The molecule has 1 unspecified atom stereocenters. The molecule has 0 heterocycles. The van der Waals surface area contributed by atoms with E-state index in [0.29, 0.717) is 5.75 Å². The first-order valence-corrected chi connectivity index (χ1v) is 7.93. The summed E-state index contributed by atoms with van der Waals surface area (Å²) in [4.78, 5) is 22.8. The summed E-state index contributed by atoms with van der Waals surface area (Å²) in [6, 6.07) is 11.3. The highest BCUT2D eigenvalue weighted by atomic mass is 16.6. The van der Waals surface area contributed by atoms with Gasteiger partial charge in [-0.05, 0) is 37.1 Å². The molecule has 0 saturated heterocycles. The third-order valence-electron chi connectivity index (χ3n) is 3.79. The number of ether oxygens (including phenoxy) is 1. The molecule has 2 N–H and O–H groups in total. The second-order valence-electron chi connectivity index (χ2n) is 5.55. The van der Waals surface area contributed by atoms with Crippen LogP contribution in [-0.2, 0) is 11.2 Å². The number of nitro benzene ring substituents is 1. The summed E-state index contributed by atoms with van der Waals surface area (Å²) in [5, 5.41) is 16.7. The molecule has 7 heteroatoms. The van der Waals surface area contributed by atoms with Crippen molar-refractivity contribution >= 4 is 23.0 Å². The minimum absolute atomic E-state index is 0.119. The van der Waals surface area contributed by atoms with Crippen LogP contribution in [0.25, 0.3) is 0 Å². The number of amides is 1. The summed E-state index contributed by atoms with van der Waals surface area (Å²) in [5.41, 5.74) is 2.18. The number of nitrogens with zero attached hydrogens (tertiary/aromatic N) is 1. The molecule has 0 aromatic heterocycles. The van der Waals surface area contributed by atoms with Gasteiger partial charge in [-0.1, -0.05) is 19.1 Å². The average molecular weight is 343 g/mol. The first-order chi connectivity index (χ1) is 11.9. The minimum atomic E-state index is -0.531. The molecule has 0 saturated carbocycles. The Morgan fingerprint density at radius 1 is 1.24 bits per heavy atom. The quantitative estimate of drug-likeness (QED) is 0.592. The van der Waals surface area contributed by atoms with Gasteiger partial charge < -0.3 is 15.4 Å². The topological polar surface area (TPSA) is 93.5 Å². The van der Waals surface area contributed by atoms with E-state index in [1.54, 1.807) is 6.92 Å². The lowest BCUT2D eigenvalue weighted by molar-refractivity contribution is -0.384. The zero-order valence-electron chi connectivity index (χ0n) is 14.4. The first-order valence-electron chi connectivity index (χ1n) is 7.93. The Balaban J connectivity index is 2.09. The molecule has 1 atom stereocenters. The number of non-ortho nitro benzene ring substituents is 1. The number of nitrogens with one attached hydrogen (secondary N) is 2. The van der Waals surface area contributed by atoms with Gasteiger partial charge in [-0.2, -0.15) is 0 Å². The Morgan fingerprint density at radius 2 is 1.92 bits per heavy atom. The zero-order valence-corrected chi connectivity index (χ0v) is 14.4. The number of carbonyl (C=O) groups excluding carboxylic acids is 1. The molecule has 132 valence electrons. The molecule has 0 bridgehead atoms. The molecule has 0 radical (unpaired) electrons. The van der Waals surface area contributed by atoms with Crippen LogP contribution in [-0.4, -0.2) is 24.0 Å². The molecule has 25 heavy (non-hydrogen) atoms. The van der Waals surface area contributed by atoms with E-state index >= 15 is 0 Å². The highest BCUT2D eigenvalue weighted by Gasteiger charge is 2.17. The van der Waals surface area contributed by atoms with E-state index in [-0.39, 0.29) is 17.3 Å². The molecule has 0 fully saturated rings. The molecule has 2 rings (SSSR count). The fourth-order valence-corrected chi connectivity index (χ4v) is 2.30. The summed E-state index contributed by atoms with van der Waals surface area (Å²) in [5.74, 6) is 0.0387. The fraction of sp³-hybridized carbons (Fsp3) is 0.278. The van der Waals surface area contributed by atoms with Gasteiger partial charge in [0.15, 0.2) is 0 Å². The van der Waals surface area contributed by atoms with Crippen LogP contribution in [0, 0.1) is 10.1 Å². The van der Waals surface area contributed by atoms with Crippen LogP contribution in [0.4, 0.5) is 17.1 Å². The minimum Gasteiger partial charge on any atom is -0.495 e. The van der Waals surface area contributed by atoms with Crippen LogP contribution in [0.3, 0.4) is 0 Å². The van der Waals surface area contributed by atoms with Crippen LogP contribution in [0.15, 0.2) is 42.5 Å². The number of carbonyl (C=O) groups is 1. The molecule has 0 aliphatic rings. The normalized spacial score (nSPS) is 11.5. The van der Waals surface area contributed by atoms with Crippen molar-refractivity contribution in [2.75, 3.05) is 17.7 Å². The standard InChI is InChI=1S/C18H21N3O4/c1-4-13-5-7-14(8-6-13)19-12(2)18(22)20-16-11-15(21(23)24)9-10-17(16)25-3/h5-12,19H,4H2,1-3H3,(H,20,22). The lowest BCUT2D eigenvalue weighted by Gasteiger charge is -2.16. The number of benzene rings is 2. The molecule has 7 nitrogen and oxygen atoms in total. The van der Waals surface area contributed by atoms with E-state index in [2.05, 4.69) is 17.6 Å². The average Bonchev–Trinajstić information content (AvgIpc) is 2.62. The van der Waals surface area contributed by atoms with Gasteiger partial charge in [0, 0.05) is 17.8 Å². The van der Waals surface area contributed by atoms with Crippen molar-refractivity contribution < 1.29 is 14.5 Å². The maximum atomic E-state index is 12.4. The van der Waals surface area contributed by atoms with Crippen molar-refractivity contribution in [3.8, 4) is 5.75 Å². The van der Waals surface area contributed by atoms with Crippen LogP contribution < -0.4 is 15.4 Å². The number of hydrogen-bond acceptors (Lipinski definition) is 5. The summed E-state index contributed by atoms with van der Waals surface area (Å²) in [6.45, 7) is 3.79. The van der Waals surface area contributed by atoms with Gasteiger partial charge in [0.2, 0.25) is 5.91 Å². The van der Waals surface area contributed by atoms with Crippen molar-refractivity contribution in [1.29, 1.82) is 0 Å². The van der Waals surface area contributed by atoms with Crippen LogP contribution in [0.1, 0.15) is 19.4 Å². The van der Waals surface area contributed by atoms with E-state index in [4.69, 9.17) is 4.74 Å². The number of nitro groups is 1. The van der Waals surface area contributed by atoms with Gasteiger partial charge in [0.1, 0.15) is 11.8 Å². The molecule has 1 amide bonds. The van der Waals surface area contributed by atoms with Gasteiger partial charge in [-0.25, -0.2) is 0 Å². The molecule has 0 aliphatic heterocycles. The third kappa shape index (κ3) is 4.69. The van der Waals surface area contributed by atoms with E-state index < -0.39 is 11.0 Å². The smallest absolute Gasteiger partial charge is 0.271 e. The predicted molar refractivity (Wildman–Crippen MR) is 97.2 cm³/mol. The molecular weight excluding hydrogens is 322 g/mol. The SMILES string of the molecule is CCc1ccc(NC(C)C(=O)Nc2cc([N+](=O)[O-])ccc2OC)cc1. The fourth-order valence-electron chi connectivity index (χ4n) is 2.30. The van der Waals surface area contributed by atoms with Crippen LogP contribution in [0.5, 0.6) is 5.75 Å². The van der Waals surface area contributed by atoms with Crippen molar-refractivity contribution in [2.24, 2.45) is 0 Å². The highest BCUT2D eigenvalue weighted by molar-refractivity contribution is 5.97. The summed E-state index contributed by atoms with van der Waals surface area (Å²) < 4.78 is 5.15.